The van der Waals surface area contributed by atoms with Gasteiger partial charge in [0.25, 0.3) is 5.91 Å². The molecular weight excluding hydrogens is 380 g/mol. The fourth-order valence-corrected chi connectivity index (χ4v) is 3.80. The minimum absolute atomic E-state index is 0.233. The van der Waals surface area contributed by atoms with E-state index in [1.807, 2.05) is 49.4 Å². The van der Waals surface area contributed by atoms with Crippen LogP contribution in [0.5, 0.6) is 0 Å². The molecule has 7 heteroatoms. The average Bonchev–Trinajstić information content (AvgIpc) is 3.26. The molecule has 0 radical (unpaired) electrons. The minimum Gasteiger partial charge on any atom is -0.321 e. The Morgan fingerprint density at radius 2 is 1.83 bits per heavy atom. The molecule has 2 aromatic carbocycles. The van der Waals surface area contributed by atoms with E-state index in [4.69, 9.17) is 0 Å². The van der Waals surface area contributed by atoms with E-state index in [9.17, 15) is 14.4 Å². The number of para-hydroxylation sites is 1. The smallest absolute Gasteiger partial charge is 0.276 e. The highest BCUT2D eigenvalue weighted by Crippen LogP contribution is 2.36. The van der Waals surface area contributed by atoms with Gasteiger partial charge in [0.2, 0.25) is 11.8 Å². The van der Waals surface area contributed by atoms with Crippen LogP contribution in [0, 0.1) is 0 Å². The van der Waals surface area contributed by atoms with Crippen LogP contribution >= 0.6 is 0 Å². The van der Waals surface area contributed by atoms with Crippen LogP contribution in [0.4, 0.5) is 5.69 Å². The van der Waals surface area contributed by atoms with E-state index in [-0.39, 0.29) is 17.7 Å². The summed E-state index contributed by atoms with van der Waals surface area (Å²) >= 11 is 0. The maximum absolute atomic E-state index is 12.6. The highest BCUT2D eigenvalue weighted by Gasteiger charge is 2.42. The van der Waals surface area contributed by atoms with Crippen molar-refractivity contribution >= 4 is 23.4 Å². The zero-order chi connectivity index (χ0) is 21.1. The maximum atomic E-state index is 12.6. The molecule has 1 aromatic heterocycles. The highest BCUT2D eigenvalue weighted by atomic mass is 16.2. The van der Waals surface area contributed by atoms with Gasteiger partial charge in [-0.15, -0.1) is 0 Å². The normalized spacial score (nSPS) is 18.7. The standard InChI is InChI=1S/C23H22N4O3/c1-2-23(14-12-20(28)25-22(23)30)16-8-10-17(11-9-16)24-21(29)19-13-15-27(26-19)18-6-4-3-5-7-18/h3-11,13,15H,2,12,14H2,1H3,(H,24,29)(H,25,28,30). The number of nitrogens with one attached hydrogen (secondary N) is 2. The number of amides is 3. The second kappa shape index (κ2) is 7.94. The van der Waals surface area contributed by atoms with Crippen molar-refractivity contribution in [3.8, 4) is 5.69 Å². The number of rotatable bonds is 5. The van der Waals surface area contributed by atoms with Gasteiger partial charge < -0.3 is 5.32 Å². The number of carbonyl (C=O) groups excluding carboxylic acids is 3. The lowest BCUT2D eigenvalue weighted by Gasteiger charge is -2.35. The third-order valence-electron chi connectivity index (χ3n) is 5.61. The number of aromatic nitrogens is 2. The molecule has 1 fully saturated rings. The first-order valence-electron chi connectivity index (χ1n) is 9.89. The molecule has 0 aliphatic carbocycles. The zero-order valence-corrected chi connectivity index (χ0v) is 16.6. The number of nitrogens with zero attached hydrogens (tertiary/aromatic N) is 2. The third kappa shape index (κ3) is 3.61. The number of imide groups is 1. The number of anilines is 1. The maximum Gasteiger partial charge on any atom is 0.276 e. The Hall–Kier alpha value is -3.74. The van der Waals surface area contributed by atoms with Crippen molar-refractivity contribution in [2.24, 2.45) is 0 Å². The van der Waals surface area contributed by atoms with Crippen molar-refractivity contribution < 1.29 is 14.4 Å². The lowest BCUT2D eigenvalue weighted by atomic mass is 9.72. The molecule has 1 aliphatic rings. The number of benzene rings is 2. The number of carbonyl (C=O) groups is 3. The molecule has 1 aliphatic heterocycles. The Morgan fingerprint density at radius 3 is 2.50 bits per heavy atom. The van der Waals surface area contributed by atoms with Gasteiger partial charge in [0.15, 0.2) is 5.69 Å². The SMILES string of the molecule is CCC1(c2ccc(NC(=O)c3ccn(-c4ccccc4)n3)cc2)CCC(=O)NC1=O. The molecule has 1 atom stereocenters. The first kappa shape index (κ1) is 19.6. The highest BCUT2D eigenvalue weighted by molar-refractivity contribution is 6.04. The Labute approximate surface area is 174 Å². The van der Waals surface area contributed by atoms with Gasteiger partial charge >= 0.3 is 0 Å². The van der Waals surface area contributed by atoms with Crippen LogP contribution < -0.4 is 10.6 Å². The predicted molar refractivity (Wildman–Crippen MR) is 112 cm³/mol. The molecule has 0 spiro atoms. The Balaban J connectivity index is 1.49. The first-order valence-corrected chi connectivity index (χ1v) is 9.89. The second-order valence-electron chi connectivity index (χ2n) is 7.33. The Kier molecular flexibility index (Phi) is 5.18. The molecule has 1 unspecified atom stereocenters. The summed E-state index contributed by atoms with van der Waals surface area (Å²) in [4.78, 5) is 36.6. The van der Waals surface area contributed by atoms with Gasteiger partial charge in [0.05, 0.1) is 11.1 Å². The fraction of sp³-hybridized carbons (Fsp3) is 0.217. The van der Waals surface area contributed by atoms with Crippen molar-refractivity contribution in [1.82, 2.24) is 15.1 Å². The second-order valence-corrected chi connectivity index (χ2v) is 7.33. The van der Waals surface area contributed by atoms with E-state index >= 15 is 0 Å². The van der Waals surface area contributed by atoms with Gasteiger partial charge in [-0.2, -0.15) is 5.10 Å². The minimum atomic E-state index is -0.717. The van der Waals surface area contributed by atoms with Crippen LogP contribution in [0.15, 0.2) is 66.9 Å². The van der Waals surface area contributed by atoms with Gasteiger partial charge in [-0.25, -0.2) is 4.68 Å². The van der Waals surface area contributed by atoms with Crippen LogP contribution in [0.2, 0.25) is 0 Å². The summed E-state index contributed by atoms with van der Waals surface area (Å²) in [5.41, 5.74) is 1.90. The monoisotopic (exact) mass is 402 g/mol. The van der Waals surface area contributed by atoms with Crippen molar-refractivity contribution in [1.29, 1.82) is 0 Å². The van der Waals surface area contributed by atoms with Gasteiger partial charge in [-0.3, -0.25) is 19.7 Å². The first-order chi connectivity index (χ1) is 14.5. The molecular formula is C23H22N4O3. The largest absolute Gasteiger partial charge is 0.321 e. The Morgan fingerprint density at radius 1 is 1.10 bits per heavy atom. The van der Waals surface area contributed by atoms with Gasteiger partial charge in [-0.05, 0) is 48.7 Å². The molecule has 152 valence electrons. The predicted octanol–water partition coefficient (Wildman–Crippen LogP) is 3.21. The quantitative estimate of drug-likeness (QED) is 0.641. The summed E-state index contributed by atoms with van der Waals surface area (Å²) < 4.78 is 1.64. The zero-order valence-electron chi connectivity index (χ0n) is 16.6. The summed E-state index contributed by atoms with van der Waals surface area (Å²) in [5, 5.41) is 9.61. The van der Waals surface area contributed by atoms with E-state index < -0.39 is 5.41 Å². The fourth-order valence-electron chi connectivity index (χ4n) is 3.80. The van der Waals surface area contributed by atoms with Crippen molar-refractivity contribution in [3.05, 3.63) is 78.1 Å². The van der Waals surface area contributed by atoms with Crippen LogP contribution in [0.25, 0.3) is 5.69 Å². The number of hydrogen-bond acceptors (Lipinski definition) is 4. The molecule has 2 heterocycles. The summed E-state index contributed by atoms with van der Waals surface area (Å²) in [7, 11) is 0. The molecule has 7 nitrogen and oxygen atoms in total. The number of piperidine rings is 1. The van der Waals surface area contributed by atoms with Crippen LogP contribution in [-0.4, -0.2) is 27.5 Å². The summed E-state index contributed by atoms with van der Waals surface area (Å²) in [6, 6.07) is 18.4. The molecule has 0 bridgehead atoms. The van der Waals surface area contributed by atoms with Gasteiger partial charge in [0, 0.05) is 18.3 Å². The molecule has 4 rings (SSSR count). The molecule has 1 saturated heterocycles. The van der Waals surface area contributed by atoms with E-state index in [2.05, 4.69) is 15.7 Å². The van der Waals surface area contributed by atoms with E-state index in [0.29, 0.717) is 30.6 Å². The molecule has 3 aromatic rings. The van der Waals surface area contributed by atoms with Crippen molar-refractivity contribution in [3.63, 3.8) is 0 Å². The molecule has 0 saturated carbocycles. The van der Waals surface area contributed by atoms with Gasteiger partial charge in [0.1, 0.15) is 0 Å². The lowest BCUT2D eigenvalue weighted by molar-refractivity contribution is -0.138. The van der Waals surface area contributed by atoms with Crippen LogP contribution in [0.1, 0.15) is 42.2 Å². The van der Waals surface area contributed by atoms with E-state index in [1.54, 1.807) is 29.1 Å². The molecule has 30 heavy (non-hydrogen) atoms. The summed E-state index contributed by atoms with van der Waals surface area (Å²) in [6.45, 7) is 1.94. The van der Waals surface area contributed by atoms with Crippen LogP contribution in [0.3, 0.4) is 0 Å². The summed E-state index contributed by atoms with van der Waals surface area (Å²) in [5.74, 6) is -0.809. The molecule has 3 amide bonds. The Bertz CT molecular complexity index is 1090. The van der Waals surface area contributed by atoms with Crippen LogP contribution in [-0.2, 0) is 15.0 Å². The van der Waals surface area contributed by atoms with E-state index in [0.717, 1.165) is 11.3 Å². The van der Waals surface area contributed by atoms with E-state index in [1.165, 1.54) is 0 Å². The lowest BCUT2D eigenvalue weighted by Crippen LogP contribution is -2.51. The van der Waals surface area contributed by atoms with Crippen molar-refractivity contribution in [2.75, 3.05) is 5.32 Å². The van der Waals surface area contributed by atoms with Gasteiger partial charge in [-0.1, -0.05) is 37.3 Å². The topological polar surface area (TPSA) is 93.1 Å². The third-order valence-corrected chi connectivity index (χ3v) is 5.61. The van der Waals surface area contributed by atoms with Crippen molar-refractivity contribution in [2.45, 2.75) is 31.6 Å². The molecule has 2 N–H and O–H groups in total. The number of hydrogen-bond donors (Lipinski definition) is 2. The average molecular weight is 402 g/mol. The summed E-state index contributed by atoms with van der Waals surface area (Å²) in [6.07, 6.45) is 3.13.